The van der Waals surface area contributed by atoms with Gasteiger partial charge in [0.05, 0.1) is 25.2 Å². The number of ether oxygens (including phenoxy) is 1. The lowest BCUT2D eigenvalue weighted by Gasteiger charge is -2.24. The number of unbranched alkanes of at least 4 members (excludes halogenated alkanes) is 18. The van der Waals surface area contributed by atoms with Gasteiger partial charge < -0.3 is 20.3 Å². The summed E-state index contributed by atoms with van der Waals surface area (Å²) >= 11 is 0. The highest BCUT2D eigenvalue weighted by Crippen LogP contribution is 2.17. The smallest absolute Gasteiger partial charge is 0.306 e. The molecule has 0 heterocycles. The van der Waals surface area contributed by atoms with E-state index in [-0.39, 0.29) is 24.9 Å². The van der Waals surface area contributed by atoms with Crippen LogP contribution in [0.15, 0.2) is 97.2 Å². The maximum Gasteiger partial charge on any atom is 0.306 e. The monoisotopic (exact) mass is 834 g/mol. The van der Waals surface area contributed by atoms with Gasteiger partial charge >= 0.3 is 5.97 Å². The van der Waals surface area contributed by atoms with E-state index in [0.29, 0.717) is 19.3 Å². The van der Waals surface area contributed by atoms with Crippen LogP contribution < -0.4 is 5.32 Å². The van der Waals surface area contributed by atoms with Gasteiger partial charge in [-0.05, 0) is 77.0 Å². The first-order valence-corrected chi connectivity index (χ1v) is 24.5. The topological polar surface area (TPSA) is 95.9 Å². The van der Waals surface area contributed by atoms with E-state index in [9.17, 15) is 19.8 Å². The number of hydrogen-bond donors (Lipinski definition) is 3. The van der Waals surface area contributed by atoms with Crippen LogP contribution in [0.1, 0.15) is 207 Å². The largest absolute Gasteiger partial charge is 0.462 e. The van der Waals surface area contributed by atoms with Crippen molar-refractivity contribution in [2.24, 2.45) is 0 Å². The van der Waals surface area contributed by atoms with Crippen molar-refractivity contribution in [2.75, 3.05) is 6.61 Å². The fraction of sp³-hybridized carbons (Fsp3) is 0.667. The van der Waals surface area contributed by atoms with Crippen molar-refractivity contribution < 1.29 is 24.5 Å². The highest BCUT2D eigenvalue weighted by atomic mass is 16.5. The molecule has 0 aromatic carbocycles. The number of carbonyl (C=O) groups is 2. The molecule has 0 bridgehead atoms. The van der Waals surface area contributed by atoms with E-state index in [4.69, 9.17) is 4.74 Å². The van der Waals surface area contributed by atoms with Gasteiger partial charge in [-0.15, -0.1) is 0 Å². The molecule has 0 fully saturated rings. The molecular formula is C54H91NO5. The molecule has 0 aliphatic carbocycles. The van der Waals surface area contributed by atoms with Crippen LogP contribution in [0.2, 0.25) is 0 Å². The number of nitrogens with one attached hydrogen (secondary N) is 1. The first kappa shape index (κ1) is 56.8. The third-order valence-corrected chi connectivity index (χ3v) is 10.5. The van der Waals surface area contributed by atoms with Gasteiger partial charge in [-0.3, -0.25) is 9.59 Å². The molecule has 0 spiro atoms. The van der Waals surface area contributed by atoms with Crippen molar-refractivity contribution in [3.63, 3.8) is 0 Å². The SMILES string of the molecule is CC/C=C/C=C/C=C\C=C/C=C/CCCCCC(=O)OC(CCCC/C=C/C/C=C/C/C=C/CC)CC(=O)NC(CO)C(O)CCCCCCCCCCCCCCCC. The Kier molecular flexibility index (Phi) is 44.3. The Bertz CT molecular complexity index is 1210. The van der Waals surface area contributed by atoms with Crippen LogP contribution in [0.4, 0.5) is 0 Å². The number of aliphatic hydroxyl groups is 2. The molecule has 1 amide bonds. The Labute approximate surface area is 369 Å². The Morgan fingerprint density at radius 3 is 1.57 bits per heavy atom. The van der Waals surface area contributed by atoms with Gasteiger partial charge in [0.2, 0.25) is 5.91 Å². The zero-order valence-corrected chi connectivity index (χ0v) is 38.8. The molecule has 342 valence electrons. The minimum atomic E-state index is -0.810. The Morgan fingerprint density at radius 2 is 0.983 bits per heavy atom. The first-order chi connectivity index (χ1) is 29.5. The zero-order chi connectivity index (χ0) is 43.8. The summed E-state index contributed by atoms with van der Waals surface area (Å²) in [5, 5.41) is 23.7. The van der Waals surface area contributed by atoms with E-state index in [1.807, 2.05) is 42.5 Å². The lowest BCUT2D eigenvalue weighted by Crippen LogP contribution is -2.46. The summed E-state index contributed by atoms with van der Waals surface area (Å²) < 4.78 is 5.88. The van der Waals surface area contributed by atoms with E-state index in [2.05, 4.69) is 80.8 Å². The van der Waals surface area contributed by atoms with Gasteiger partial charge in [0, 0.05) is 6.42 Å². The highest BCUT2D eigenvalue weighted by molar-refractivity contribution is 5.77. The number of rotatable bonds is 42. The van der Waals surface area contributed by atoms with Crippen LogP contribution in [0.25, 0.3) is 0 Å². The van der Waals surface area contributed by atoms with Crippen molar-refractivity contribution in [2.45, 2.75) is 225 Å². The average Bonchev–Trinajstić information content (AvgIpc) is 3.24. The fourth-order valence-electron chi connectivity index (χ4n) is 6.88. The molecule has 0 saturated heterocycles. The van der Waals surface area contributed by atoms with Gasteiger partial charge in [-0.1, -0.05) is 214 Å². The van der Waals surface area contributed by atoms with Gasteiger partial charge in [0.25, 0.3) is 0 Å². The first-order valence-electron chi connectivity index (χ1n) is 24.5. The number of amides is 1. The summed E-state index contributed by atoms with van der Waals surface area (Å²) in [7, 11) is 0. The molecular weight excluding hydrogens is 743 g/mol. The van der Waals surface area contributed by atoms with Gasteiger partial charge in [0.1, 0.15) is 6.10 Å². The molecule has 3 N–H and O–H groups in total. The second-order valence-corrected chi connectivity index (χ2v) is 16.2. The quantitative estimate of drug-likeness (QED) is 0.0246. The van der Waals surface area contributed by atoms with Crippen molar-refractivity contribution in [1.82, 2.24) is 5.32 Å². The summed E-state index contributed by atoms with van der Waals surface area (Å²) in [5.41, 5.74) is 0. The predicted molar refractivity (Wildman–Crippen MR) is 259 cm³/mol. The molecule has 0 aromatic heterocycles. The molecule has 6 heteroatoms. The molecule has 6 nitrogen and oxygen atoms in total. The summed E-state index contributed by atoms with van der Waals surface area (Å²) in [6.07, 6.45) is 61.8. The lowest BCUT2D eigenvalue weighted by molar-refractivity contribution is -0.151. The Hall–Kier alpha value is -3.22. The molecule has 0 rings (SSSR count). The number of allylic oxidation sites excluding steroid dienone is 16. The van der Waals surface area contributed by atoms with Crippen LogP contribution in [0, 0.1) is 0 Å². The van der Waals surface area contributed by atoms with Crippen LogP contribution >= 0.6 is 0 Å². The molecule has 3 unspecified atom stereocenters. The third kappa shape index (κ3) is 41.5. The number of esters is 1. The minimum Gasteiger partial charge on any atom is -0.462 e. The molecule has 0 aromatic rings. The molecule has 0 aliphatic heterocycles. The summed E-state index contributed by atoms with van der Waals surface area (Å²) in [4.78, 5) is 26.1. The van der Waals surface area contributed by atoms with E-state index in [0.717, 1.165) is 89.9 Å². The third-order valence-electron chi connectivity index (χ3n) is 10.5. The van der Waals surface area contributed by atoms with Crippen molar-refractivity contribution in [3.8, 4) is 0 Å². The van der Waals surface area contributed by atoms with Crippen LogP contribution in [-0.2, 0) is 14.3 Å². The lowest BCUT2D eigenvalue weighted by atomic mass is 10.0. The van der Waals surface area contributed by atoms with E-state index in [1.165, 1.54) is 70.6 Å². The van der Waals surface area contributed by atoms with Gasteiger partial charge in [-0.25, -0.2) is 0 Å². The summed E-state index contributed by atoms with van der Waals surface area (Å²) in [5.74, 6) is -0.571. The van der Waals surface area contributed by atoms with Crippen LogP contribution in [0.5, 0.6) is 0 Å². The second kappa shape index (κ2) is 46.8. The number of hydrogen-bond acceptors (Lipinski definition) is 5. The minimum absolute atomic E-state index is 0.0284. The van der Waals surface area contributed by atoms with Crippen LogP contribution in [-0.4, -0.2) is 46.9 Å². The fourth-order valence-corrected chi connectivity index (χ4v) is 6.88. The number of aliphatic hydroxyl groups excluding tert-OH is 2. The summed E-state index contributed by atoms with van der Waals surface area (Å²) in [6, 6.07) is -0.728. The predicted octanol–water partition coefficient (Wildman–Crippen LogP) is 14.6. The maximum absolute atomic E-state index is 13.2. The van der Waals surface area contributed by atoms with E-state index < -0.39 is 18.2 Å². The Balaban J connectivity index is 4.70. The zero-order valence-electron chi connectivity index (χ0n) is 38.8. The van der Waals surface area contributed by atoms with E-state index >= 15 is 0 Å². The average molecular weight is 834 g/mol. The highest BCUT2D eigenvalue weighted by Gasteiger charge is 2.24. The molecule has 0 saturated carbocycles. The summed E-state index contributed by atoms with van der Waals surface area (Å²) in [6.45, 7) is 6.19. The maximum atomic E-state index is 13.2. The van der Waals surface area contributed by atoms with Gasteiger partial charge in [0.15, 0.2) is 0 Å². The number of carbonyl (C=O) groups excluding carboxylic acids is 2. The molecule has 0 aliphatic rings. The second-order valence-electron chi connectivity index (χ2n) is 16.2. The van der Waals surface area contributed by atoms with Crippen molar-refractivity contribution in [1.29, 1.82) is 0 Å². The Morgan fingerprint density at radius 1 is 0.517 bits per heavy atom. The van der Waals surface area contributed by atoms with Crippen molar-refractivity contribution >= 4 is 11.9 Å². The molecule has 0 radical (unpaired) electrons. The normalized spacial score (nSPS) is 14.2. The molecule has 60 heavy (non-hydrogen) atoms. The standard InChI is InChI=1S/C54H91NO5/c1-4-7-10-13-16-19-22-25-27-29-32-35-38-41-44-47-54(59)60-50(45-42-39-36-33-30-24-21-18-15-12-9-6-3)48-53(58)55-51(49-56)52(57)46-43-40-37-34-31-28-26-23-20-17-14-11-8-5-2/h7,9-10,12-13,16,18-19,21-22,25,27,29-30,32-33,50-52,56-57H,4-6,8,11,14-15,17,20,23-24,26,28,31,34-49H2,1-3H3,(H,55,58)/b10-7+,12-9+,16-13+,21-18+,22-19-,27-25-,32-29+,33-30+. The van der Waals surface area contributed by atoms with Gasteiger partial charge in [-0.2, -0.15) is 0 Å². The van der Waals surface area contributed by atoms with Crippen LogP contribution in [0.3, 0.4) is 0 Å². The van der Waals surface area contributed by atoms with Crippen molar-refractivity contribution in [3.05, 3.63) is 97.2 Å². The van der Waals surface area contributed by atoms with E-state index in [1.54, 1.807) is 0 Å². The molecule has 3 atom stereocenters.